The number of pyridine rings is 1. The van der Waals surface area contributed by atoms with E-state index in [4.69, 9.17) is 5.73 Å². The number of hydrogen-bond donors (Lipinski definition) is 2. The van der Waals surface area contributed by atoms with E-state index in [-0.39, 0.29) is 12.4 Å². The van der Waals surface area contributed by atoms with E-state index in [1.165, 1.54) is 16.3 Å². The zero-order valence-electron chi connectivity index (χ0n) is 11.6. The molecule has 0 fully saturated rings. The Kier molecular flexibility index (Phi) is 5.01. The molecule has 3 N–H and O–H groups in total. The SMILES string of the molecule is Cl.Nc1cnccc1NCCc1ccc2ccccc2c1. The minimum atomic E-state index is 0. The van der Waals surface area contributed by atoms with Crippen molar-refractivity contribution in [1.29, 1.82) is 0 Å². The van der Waals surface area contributed by atoms with E-state index in [1.807, 2.05) is 6.07 Å². The second-order valence-corrected chi connectivity index (χ2v) is 4.82. The molecule has 4 heteroatoms. The molecule has 0 spiro atoms. The highest BCUT2D eigenvalue weighted by Crippen LogP contribution is 2.17. The van der Waals surface area contributed by atoms with Crippen molar-refractivity contribution in [1.82, 2.24) is 4.98 Å². The lowest BCUT2D eigenvalue weighted by atomic mass is 10.1. The first-order valence-corrected chi connectivity index (χ1v) is 6.74. The third-order valence-electron chi connectivity index (χ3n) is 3.39. The number of hydrogen-bond acceptors (Lipinski definition) is 3. The average molecular weight is 300 g/mol. The highest BCUT2D eigenvalue weighted by Gasteiger charge is 1.99. The van der Waals surface area contributed by atoms with Crippen LogP contribution in [0.5, 0.6) is 0 Å². The van der Waals surface area contributed by atoms with Gasteiger partial charge in [0.15, 0.2) is 0 Å². The number of nitrogens with one attached hydrogen (secondary N) is 1. The smallest absolute Gasteiger partial charge is 0.0736 e. The van der Waals surface area contributed by atoms with E-state index in [0.29, 0.717) is 5.69 Å². The quantitative estimate of drug-likeness (QED) is 0.768. The Morgan fingerprint density at radius 2 is 1.81 bits per heavy atom. The van der Waals surface area contributed by atoms with Crippen LogP contribution in [0.3, 0.4) is 0 Å². The van der Waals surface area contributed by atoms with Gasteiger partial charge in [-0.2, -0.15) is 0 Å². The molecule has 0 bridgehead atoms. The van der Waals surface area contributed by atoms with Gasteiger partial charge in [-0.1, -0.05) is 42.5 Å². The second-order valence-electron chi connectivity index (χ2n) is 4.82. The molecule has 1 aromatic heterocycles. The van der Waals surface area contributed by atoms with E-state index in [0.717, 1.165) is 18.7 Å². The van der Waals surface area contributed by atoms with Crippen LogP contribution in [-0.4, -0.2) is 11.5 Å². The maximum atomic E-state index is 5.85. The predicted molar refractivity (Wildman–Crippen MR) is 92.0 cm³/mol. The van der Waals surface area contributed by atoms with Crippen molar-refractivity contribution in [3.63, 3.8) is 0 Å². The summed E-state index contributed by atoms with van der Waals surface area (Å²) in [5, 5.41) is 5.91. The van der Waals surface area contributed by atoms with Gasteiger partial charge in [-0.15, -0.1) is 12.4 Å². The highest BCUT2D eigenvalue weighted by molar-refractivity contribution is 5.85. The van der Waals surface area contributed by atoms with Crippen LogP contribution in [0.4, 0.5) is 11.4 Å². The highest BCUT2D eigenvalue weighted by atomic mass is 35.5. The second kappa shape index (κ2) is 6.95. The van der Waals surface area contributed by atoms with Gasteiger partial charge in [0, 0.05) is 12.7 Å². The number of benzene rings is 2. The van der Waals surface area contributed by atoms with Gasteiger partial charge in [0.1, 0.15) is 0 Å². The Hall–Kier alpha value is -2.26. The number of rotatable bonds is 4. The molecule has 3 nitrogen and oxygen atoms in total. The van der Waals surface area contributed by atoms with Crippen LogP contribution in [0.15, 0.2) is 60.9 Å². The predicted octanol–water partition coefficient (Wildman–Crippen LogP) is 3.89. The first kappa shape index (κ1) is 15.1. The molecular formula is C17H18ClN3. The molecule has 1 heterocycles. The fourth-order valence-electron chi connectivity index (χ4n) is 2.30. The summed E-state index contributed by atoms with van der Waals surface area (Å²) in [4.78, 5) is 3.98. The van der Waals surface area contributed by atoms with E-state index in [2.05, 4.69) is 52.8 Å². The zero-order chi connectivity index (χ0) is 13.8. The molecule has 0 saturated carbocycles. The van der Waals surface area contributed by atoms with Gasteiger partial charge >= 0.3 is 0 Å². The van der Waals surface area contributed by atoms with Crippen LogP contribution < -0.4 is 11.1 Å². The van der Waals surface area contributed by atoms with Crippen molar-refractivity contribution < 1.29 is 0 Å². The van der Waals surface area contributed by atoms with Gasteiger partial charge in [0.2, 0.25) is 0 Å². The number of halogens is 1. The topological polar surface area (TPSA) is 50.9 Å². The Morgan fingerprint density at radius 1 is 1.00 bits per heavy atom. The minimum absolute atomic E-state index is 0. The molecule has 0 radical (unpaired) electrons. The fourth-order valence-corrected chi connectivity index (χ4v) is 2.30. The molecule has 0 aliphatic heterocycles. The van der Waals surface area contributed by atoms with Crippen molar-refractivity contribution >= 4 is 34.6 Å². The van der Waals surface area contributed by atoms with E-state index >= 15 is 0 Å². The van der Waals surface area contributed by atoms with Gasteiger partial charge in [-0.3, -0.25) is 4.98 Å². The van der Waals surface area contributed by atoms with E-state index in [1.54, 1.807) is 12.4 Å². The lowest BCUT2D eigenvalue weighted by Gasteiger charge is -2.09. The largest absolute Gasteiger partial charge is 0.396 e. The maximum Gasteiger partial charge on any atom is 0.0736 e. The molecular weight excluding hydrogens is 282 g/mol. The number of anilines is 2. The number of aromatic nitrogens is 1. The standard InChI is InChI=1S/C17H17N3.ClH/c18-16-12-19-9-8-17(16)20-10-7-13-5-6-14-3-1-2-4-15(14)11-13;/h1-6,8-9,11-12H,7,10,18H2,(H,19,20);1H. The van der Waals surface area contributed by atoms with Gasteiger partial charge in [0.25, 0.3) is 0 Å². The van der Waals surface area contributed by atoms with Crippen LogP contribution >= 0.6 is 12.4 Å². The van der Waals surface area contributed by atoms with Crippen LogP contribution in [0, 0.1) is 0 Å². The molecule has 2 aromatic carbocycles. The van der Waals surface area contributed by atoms with Crippen molar-refractivity contribution in [2.75, 3.05) is 17.6 Å². The van der Waals surface area contributed by atoms with Crippen LogP contribution in [-0.2, 0) is 6.42 Å². The van der Waals surface area contributed by atoms with E-state index < -0.39 is 0 Å². The Balaban J connectivity index is 0.00000161. The first-order chi connectivity index (χ1) is 9.83. The normalized spacial score (nSPS) is 10.1. The lowest BCUT2D eigenvalue weighted by Crippen LogP contribution is -2.07. The summed E-state index contributed by atoms with van der Waals surface area (Å²) < 4.78 is 0. The Bertz CT molecular complexity index is 728. The number of nitrogen functional groups attached to an aromatic ring is 1. The summed E-state index contributed by atoms with van der Waals surface area (Å²) in [7, 11) is 0. The molecule has 21 heavy (non-hydrogen) atoms. The summed E-state index contributed by atoms with van der Waals surface area (Å²) in [5.41, 5.74) is 8.80. The summed E-state index contributed by atoms with van der Waals surface area (Å²) in [6, 6.07) is 16.9. The van der Waals surface area contributed by atoms with Crippen LogP contribution in [0.2, 0.25) is 0 Å². The monoisotopic (exact) mass is 299 g/mol. The lowest BCUT2D eigenvalue weighted by molar-refractivity contribution is 1.02. The Labute approximate surface area is 130 Å². The van der Waals surface area contributed by atoms with Crippen molar-refractivity contribution in [3.8, 4) is 0 Å². The average Bonchev–Trinajstić information content (AvgIpc) is 2.49. The van der Waals surface area contributed by atoms with Crippen molar-refractivity contribution in [2.24, 2.45) is 0 Å². The molecule has 108 valence electrons. The summed E-state index contributed by atoms with van der Waals surface area (Å²) >= 11 is 0. The van der Waals surface area contributed by atoms with Crippen LogP contribution in [0.25, 0.3) is 10.8 Å². The van der Waals surface area contributed by atoms with Gasteiger partial charge in [-0.25, -0.2) is 0 Å². The molecule has 0 unspecified atom stereocenters. The first-order valence-electron chi connectivity index (χ1n) is 6.74. The third-order valence-corrected chi connectivity index (χ3v) is 3.39. The number of nitrogens with zero attached hydrogens (tertiary/aromatic N) is 1. The van der Waals surface area contributed by atoms with Crippen molar-refractivity contribution in [2.45, 2.75) is 6.42 Å². The molecule has 0 amide bonds. The number of nitrogens with two attached hydrogens (primary N) is 1. The summed E-state index contributed by atoms with van der Waals surface area (Å²) in [6.07, 6.45) is 4.37. The third kappa shape index (κ3) is 3.64. The molecule has 0 aliphatic rings. The molecule has 3 rings (SSSR count). The minimum Gasteiger partial charge on any atom is -0.396 e. The zero-order valence-corrected chi connectivity index (χ0v) is 12.4. The Morgan fingerprint density at radius 3 is 2.62 bits per heavy atom. The maximum absolute atomic E-state index is 5.85. The summed E-state index contributed by atoms with van der Waals surface area (Å²) in [6.45, 7) is 0.854. The molecule has 0 aliphatic carbocycles. The number of fused-ring (bicyclic) bond motifs is 1. The van der Waals surface area contributed by atoms with Gasteiger partial charge in [-0.05, 0) is 28.8 Å². The van der Waals surface area contributed by atoms with Crippen molar-refractivity contribution in [3.05, 3.63) is 66.5 Å². The fraction of sp³-hybridized carbons (Fsp3) is 0.118. The van der Waals surface area contributed by atoms with Gasteiger partial charge < -0.3 is 11.1 Å². The van der Waals surface area contributed by atoms with Crippen LogP contribution in [0.1, 0.15) is 5.56 Å². The molecule has 3 aromatic rings. The van der Waals surface area contributed by atoms with Gasteiger partial charge in [0.05, 0.1) is 17.6 Å². The molecule has 0 saturated heterocycles. The molecule has 0 atom stereocenters. The van der Waals surface area contributed by atoms with E-state index in [9.17, 15) is 0 Å². The summed E-state index contributed by atoms with van der Waals surface area (Å²) in [5.74, 6) is 0.